The molecule has 1 aromatic carbocycles. The summed E-state index contributed by atoms with van der Waals surface area (Å²) in [6.07, 6.45) is 0. The van der Waals surface area contributed by atoms with E-state index in [1.807, 2.05) is 6.92 Å². The molecule has 7 heteroatoms. The Hall–Kier alpha value is -1.66. The van der Waals surface area contributed by atoms with Crippen LogP contribution in [0.1, 0.15) is 29.1 Å². The summed E-state index contributed by atoms with van der Waals surface area (Å²) in [5.41, 5.74) is 0.438. The van der Waals surface area contributed by atoms with Crippen molar-refractivity contribution < 1.29 is 4.79 Å². The standard InChI is InChI=1S/C12H13ClN4OS/c1-7(10-15-16-12(19)17(10)2)14-11(18)8-5-3-4-6-9(8)13/h3-7H,1-2H3,(H,14,18)(H,16,19). The third kappa shape index (κ3) is 2.85. The first kappa shape index (κ1) is 13.8. The van der Waals surface area contributed by atoms with Gasteiger partial charge < -0.3 is 9.88 Å². The molecule has 0 aliphatic carbocycles. The summed E-state index contributed by atoms with van der Waals surface area (Å²) in [6, 6.07) is 6.62. The lowest BCUT2D eigenvalue weighted by Gasteiger charge is -2.13. The topological polar surface area (TPSA) is 62.7 Å². The lowest BCUT2D eigenvalue weighted by Crippen LogP contribution is -2.28. The van der Waals surface area contributed by atoms with Crippen molar-refractivity contribution in [1.82, 2.24) is 20.1 Å². The summed E-state index contributed by atoms with van der Waals surface area (Å²) in [4.78, 5) is 12.1. The summed E-state index contributed by atoms with van der Waals surface area (Å²) < 4.78 is 2.22. The number of hydrogen-bond donors (Lipinski definition) is 2. The number of H-pyrrole nitrogens is 1. The molecule has 0 bridgehead atoms. The summed E-state index contributed by atoms with van der Waals surface area (Å²) in [7, 11) is 1.79. The van der Waals surface area contributed by atoms with E-state index in [2.05, 4.69) is 15.5 Å². The van der Waals surface area contributed by atoms with Crippen LogP contribution in [0.15, 0.2) is 24.3 Å². The molecule has 1 heterocycles. The molecule has 2 N–H and O–H groups in total. The number of aromatic nitrogens is 3. The Morgan fingerprint density at radius 3 is 2.79 bits per heavy atom. The van der Waals surface area contributed by atoms with Crippen LogP contribution < -0.4 is 5.32 Å². The Morgan fingerprint density at radius 1 is 1.53 bits per heavy atom. The quantitative estimate of drug-likeness (QED) is 0.856. The zero-order valence-corrected chi connectivity index (χ0v) is 12.0. The van der Waals surface area contributed by atoms with Crippen LogP contribution in [0.4, 0.5) is 0 Å². The third-order valence-corrected chi connectivity index (χ3v) is 3.46. The fourth-order valence-corrected chi connectivity index (χ4v) is 2.09. The molecular formula is C12H13ClN4OS. The predicted molar refractivity (Wildman–Crippen MR) is 75.7 cm³/mol. The van der Waals surface area contributed by atoms with Crippen LogP contribution in [0.25, 0.3) is 0 Å². The smallest absolute Gasteiger partial charge is 0.253 e. The van der Waals surface area contributed by atoms with E-state index in [1.165, 1.54) is 0 Å². The van der Waals surface area contributed by atoms with Gasteiger partial charge in [0.15, 0.2) is 10.6 Å². The van der Waals surface area contributed by atoms with Gasteiger partial charge in [-0.15, -0.1) is 0 Å². The highest BCUT2D eigenvalue weighted by molar-refractivity contribution is 7.71. The van der Waals surface area contributed by atoms with Crippen molar-refractivity contribution in [3.63, 3.8) is 0 Å². The molecule has 0 spiro atoms. The highest BCUT2D eigenvalue weighted by Crippen LogP contribution is 2.16. The first-order valence-electron chi connectivity index (χ1n) is 5.67. The van der Waals surface area contributed by atoms with E-state index >= 15 is 0 Å². The number of halogens is 1. The van der Waals surface area contributed by atoms with Crippen LogP contribution in [-0.2, 0) is 7.05 Å². The second kappa shape index (κ2) is 5.54. The van der Waals surface area contributed by atoms with Gasteiger partial charge in [0.05, 0.1) is 16.6 Å². The van der Waals surface area contributed by atoms with E-state index in [1.54, 1.807) is 35.9 Å². The lowest BCUT2D eigenvalue weighted by molar-refractivity contribution is 0.0938. The minimum absolute atomic E-state index is 0.244. The maximum Gasteiger partial charge on any atom is 0.253 e. The first-order chi connectivity index (χ1) is 9.00. The van der Waals surface area contributed by atoms with Crippen LogP contribution in [-0.4, -0.2) is 20.7 Å². The van der Waals surface area contributed by atoms with Crippen molar-refractivity contribution in [1.29, 1.82) is 0 Å². The average molecular weight is 297 g/mol. The molecule has 19 heavy (non-hydrogen) atoms. The Balaban J connectivity index is 2.18. The van der Waals surface area contributed by atoms with Gasteiger partial charge in [0, 0.05) is 7.05 Å². The zero-order chi connectivity index (χ0) is 14.0. The number of nitrogens with zero attached hydrogens (tertiary/aromatic N) is 2. The molecule has 1 amide bonds. The fourth-order valence-electron chi connectivity index (χ4n) is 1.73. The van der Waals surface area contributed by atoms with E-state index in [0.29, 0.717) is 21.2 Å². The van der Waals surface area contributed by atoms with Gasteiger partial charge in [-0.3, -0.25) is 9.89 Å². The molecule has 0 saturated carbocycles. The maximum absolute atomic E-state index is 12.1. The number of benzene rings is 1. The van der Waals surface area contributed by atoms with Gasteiger partial charge in [0.2, 0.25) is 0 Å². The Morgan fingerprint density at radius 2 is 2.21 bits per heavy atom. The summed E-state index contributed by atoms with van der Waals surface area (Å²) in [5.74, 6) is 0.414. The molecule has 1 aromatic heterocycles. The van der Waals surface area contributed by atoms with Crippen molar-refractivity contribution in [2.45, 2.75) is 13.0 Å². The SMILES string of the molecule is CC(NC(=O)c1ccccc1Cl)c1n[nH]c(=S)n1C. The summed E-state index contributed by atoms with van der Waals surface area (Å²) >= 11 is 11.0. The largest absolute Gasteiger partial charge is 0.342 e. The zero-order valence-electron chi connectivity index (χ0n) is 10.5. The number of carbonyl (C=O) groups excluding carboxylic acids is 1. The molecule has 0 fully saturated rings. The molecule has 5 nitrogen and oxygen atoms in total. The molecule has 1 atom stereocenters. The lowest BCUT2D eigenvalue weighted by atomic mass is 10.2. The second-order valence-corrected chi connectivity index (χ2v) is 4.91. The second-order valence-electron chi connectivity index (χ2n) is 4.12. The molecule has 0 aliphatic heterocycles. The number of nitrogens with one attached hydrogen (secondary N) is 2. The Bertz CT molecular complexity index is 664. The van der Waals surface area contributed by atoms with Gasteiger partial charge in [0.25, 0.3) is 5.91 Å². The van der Waals surface area contributed by atoms with E-state index < -0.39 is 0 Å². The van der Waals surface area contributed by atoms with E-state index in [-0.39, 0.29) is 11.9 Å². The summed E-state index contributed by atoms with van der Waals surface area (Å²) in [5, 5.41) is 10.0. The molecule has 1 unspecified atom stereocenters. The van der Waals surface area contributed by atoms with Crippen LogP contribution >= 0.6 is 23.8 Å². The number of amides is 1. The van der Waals surface area contributed by atoms with E-state index in [9.17, 15) is 4.79 Å². The Kier molecular flexibility index (Phi) is 4.01. The number of hydrogen-bond acceptors (Lipinski definition) is 3. The van der Waals surface area contributed by atoms with Gasteiger partial charge in [-0.25, -0.2) is 0 Å². The number of rotatable bonds is 3. The van der Waals surface area contributed by atoms with Gasteiger partial charge in [0.1, 0.15) is 0 Å². The van der Waals surface area contributed by atoms with Gasteiger partial charge >= 0.3 is 0 Å². The fraction of sp³-hybridized carbons (Fsp3) is 0.250. The molecule has 0 aliphatic rings. The maximum atomic E-state index is 12.1. The highest BCUT2D eigenvalue weighted by Gasteiger charge is 2.17. The van der Waals surface area contributed by atoms with Crippen molar-refractivity contribution in [2.24, 2.45) is 7.05 Å². The minimum Gasteiger partial charge on any atom is -0.342 e. The number of carbonyl (C=O) groups is 1. The Labute approximate surface area is 120 Å². The molecule has 100 valence electrons. The van der Waals surface area contributed by atoms with Crippen molar-refractivity contribution in [3.8, 4) is 0 Å². The molecule has 2 aromatic rings. The van der Waals surface area contributed by atoms with Gasteiger partial charge in [-0.1, -0.05) is 23.7 Å². The van der Waals surface area contributed by atoms with E-state index in [0.717, 1.165) is 0 Å². The summed E-state index contributed by atoms with van der Waals surface area (Å²) in [6.45, 7) is 1.83. The monoisotopic (exact) mass is 296 g/mol. The predicted octanol–water partition coefficient (Wildman–Crippen LogP) is 2.62. The molecule has 0 radical (unpaired) electrons. The molecule has 0 saturated heterocycles. The molecule has 2 rings (SSSR count). The van der Waals surface area contributed by atoms with Crippen molar-refractivity contribution in [3.05, 3.63) is 45.4 Å². The molecular weight excluding hydrogens is 284 g/mol. The van der Waals surface area contributed by atoms with E-state index in [4.69, 9.17) is 23.8 Å². The van der Waals surface area contributed by atoms with Gasteiger partial charge in [-0.05, 0) is 31.3 Å². The van der Waals surface area contributed by atoms with Crippen LogP contribution in [0.2, 0.25) is 5.02 Å². The van der Waals surface area contributed by atoms with Gasteiger partial charge in [-0.2, -0.15) is 5.10 Å². The van der Waals surface area contributed by atoms with Crippen molar-refractivity contribution >= 4 is 29.7 Å². The number of aromatic amines is 1. The van der Waals surface area contributed by atoms with Crippen LogP contribution in [0.5, 0.6) is 0 Å². The van der Waals surface area contributed by atoms with Crippen LogP contribution in [0.3, 0.4) is 0 Å². The average Bonchev–Trinajstić information content (AvgIpc) is 2.70. The minimum atomic E-state index is -0.276. The van der Waals surface area contributed by atoms with Crippen molar-refractivity contribution in [2.75, 3.05) is 0 Å². The van der Waals surface area contributed by atoms with Crippen LogP contribution in [0, 0.1) is 4.77 Å². The third-order valence-electron chi connectivity index (χ3n) is 2.77. The first-order valence-corrected chi connectivity index (χ1v) is 6.46. The normalized spacial score (nSPS) is 12.2. The highest BCUT2D eigenvalue weighted by atomic mass is 35.5.